The van der Waals surface area contributed by atoms with E-state index < -0.39 is 16.1 Å². The summed E-state index contributed by atoms with van der Waals surface area (Å²) in [6, 6.07) is -0.831. The molecule has 0 aliphatic carbocycles. The average Bonchev–Trinajstić information content (AvgIpc) is 2.40. The second-order valence-electron chi connectivity index (χ2n) is 3.11. The number of nitrogens with two attached hydrogens (primary N) is 1. The molecule has 2 amide bonds. The molecule has 0 atom stereocenters. The molecule has 8 nitrogen and oxygen atoms in total. The zero-order valence-corrected chi connectivity index (χ0v) is 9.92. The summed E-state index contributed by atoms with van der Waals surface area (Å²) in [5, 5.41) is 5.89. The third-order valence-corrected chi connectivity index (χ3v) is 3.52. The fourth-order valence-corrected chi connectivity index (χ4v) is 2.46. The number of hydrogen-bond donors (Lipinski definition) is 3. The molecule has 0 saturated heterocycles. The summed E-state index contributed by atoms with van der Waals surface area (Å²) < 4.78 is 26.6. The molecule has 0 radical (unpaired) electrons. The van der Waals surface area contributed by atoms with Crippen LogP contribution < -0.4 is 15.8 Å². The number of aromatic nitrogens is 2. The smallest absolute Gasteiger partial charge is 0.328 e. The van der Waals surface area contributed by atoms with Crippen molar-refractivity contribution in [1.29, 1.82) is 0 Å². The molecule has 0 bridgehead atoms. The second kappa shape index (κ2) is 4.00. The Morgan fingerprint density at radius 3 is 2.44 bits per heavy atom. The van der Waals surface area contributed by atoms with Crippen molar-refractivity contribution in [3.63, 3.8) is 0 Å². The Labute approximate surface area is 92.9 Å². The van der Waals surface area contributed by atoms with Gasteiger partial charge < -0.3 is 11.1 Å². The van der Waals surface area contributed by atoms with Gasteiger partial charge in [-0.15, -0.1) is 0 Å². The lowest BCUT2D eigenvalue weighted by Gasteiger charge is -2.05. The van der Waals surface area contributed by atoms with Crippen LogP contribution in [0.1, 0.15) is 5.69 Å². The average molecular weight is 247 g/mol. The monoisotopic (exact) mass is 247 g/mol. The van der Waals surface area contributed by atoms with Gasteiger partial charge in [-0.3, -0.25) is 4.68 Å². The minimum atomic E-state index is -3.98. The van der Waals surface area contributed by atoms with Gasteiger partial charge in [-0.05, 0) is 6.92 Å². The SMILES string of the molecule is CNC(=O)NS(=O)(=O)c1c(N)nn(C)c1C. The number of anilines is 1. The Kier molecular flexibility index (Phi) is 3.08. The molecule has 90 valence electrons. The Morgan fingerprint density at radius 1 is 1.50 bits per heavy atom. The van der Waals surface area contributed by atoms with Crippen LogP contribution in [0.15, 0.2) is 4.90 Å². The largest absolute Gasteiger partial charge is 0.381 e. The summed E-state index contributed by atoms with van der Waals surface area (Å²) in [5.74, 6) is -0.142. The molecular weight excluding hydrogens is 234 g/mol. The molecule has 0 spiro atoms. The van der Waals surface area contributed by atoms with E-state index in [9.17, 15) is 13.2 Å². The quantitative estimate of drug-likeness (QED) is 0.614. The first-order valence-electron chi connectivity index (χ1n) is 4.33. The van der Waals surface area contributed by atoms with E-state index in [1.807, 2.05) is 0 Å². The maximum absolute atomic E-state index is 11.8. The number of urea groups is 1. The lowest BCUT2D eigenvalue weighted by Crippen LogP contribution is -2.37. The van der Waals surface area contributed by atoms with Crippen molar-refractivity contribution in [2.45, 2.75) is 11.8 Å². The number of nitrogens with one attached hydrogen (secondary N) is 2. The predicted molar refractivity (Wildman–Crippen MR) is 57.1 cm³/mol. The highest BCUT2D eigenvalue weighted by atomic mass is 32.2. The molecule has 16 heavy (non-hydrogen) atoms. The first kappa shape index (κ1) is 12.3. The predicted octanol–water partition coefficient (Wildman–Crippen LogP) is -1.07. The fourth-order valence-electron chi connectivity index (χ4n) is 1.17. The number of hydrogen-bond acceptors (Lipinski definition) is 5. The molecule has 1 aromatic rings. The van der Waals surface area contributed by atoms with E-state index in [2.05, 4.69) is 10.4 Å². The van der Waals surface area contributed by atoms with Crippen molar-refractivity contribution in [3.8, 4) is 0 Å². The number of nitrogens with zero attached hydrogens (tertiary/aromatic N) is 2. The van der Waals surface area contributed by atoms with Gasteiger partial charge in [-0.25, -0.2) is 17.9 Å². The zero-order chi connectivity index (χ0) is 12.5. The number of rotatable bonds is 2. The molecular formula is C7H13N5O3S. The van der Waals surface area contributed by atoms with Crippen molar-refractivity contribution < 1.29 is 13.2 Å². The van der Waals surface area contributed by atoms with Crippen LogP contribution in [0.2, 0.25) is 0 Å². The second-order valence-corrected chi connectivity index (χ2v) is 4.73. The third-order valence-electron chi connectivity index (χ3n) is 2.03. The number of carbonyl (C=O) groups is 1. The van der Waals surface area contributed by atoms with Crippen LogP contribution in [-0.2, 0) is 17.1 Å². The van der Waals surface area contributed by atoms with E-state index in [0.29, 0.717) is 5.69 Å². The number of sulfonamides is 1. The molecule has 1 heterocycles. The van der Waals surface area contributed by atoms with Gasteiger partial charge in [0.05, 0.1) is 5.69 Å². The van der Waals surface area contributed by atoms with E-state index in [-0.39, 0.29) is 10.7 Å². The van der Waals surface area contributed by atoms with Crippen molar-refractivity contribution in [1.82, 2.24) is 19.8 Å². The van der Waals surface area contributed by atoms with Crippen molar-refractivity contribution in [3.05, 3.63) is 5.69 Å². The van der Waals surface area contributed by atoms with Gasteiger partial charge in [0, 0.05) is 14.1 Å². The minimum Gasteiger partial charge on any atom is -0.381 e. The molecule has 1 rings (SSSR count). The Bertz CT molecular complexity index is 518. The highest BCUT2D eigenvalue weighted by Crippen LogP contribution is 2.20. The third kappa shape index (κ3) is 2.08. The van der Waals surface area contributed by atoms with Crippen LogP contribution in [-0.4, -0.2) is 31.3 Å². The van der Waals surface area contributed by atoms with E-state index in [1.165, 1.54) is 11.7 Å². The maximum atomic E-state index is 11.8. The summed E-state index contributed by atoms with van der Waals surface area (Å²) in [6.07, 6.45) is 0. The Morgan fingerprint density at radius 2 is 2.06 bits per heavy atom. The molecule has 4 N–H and O–H groups in total. The Balaban J connectivity index is 3.22. The molecule has 0 unspecified atom stereocenters. The standard InChI is InChI=1S/C7H13N5O3S/c1-4-5(6(8)10-12(4)3)16(14,15)11-7(13)9-2/h1-3H3,(H2,8,10)(H2,9,11,13). The van der Waals surface area contributed by atoms with Crippen LogP contribution in [0, 0.1) is 6.92 Å². The van der Waals surface area contributed by atoms with Crippen molar-refractivity contribution >= 4 is 21.9 Å². The zero-order valence-electron chi connectivity index (χ0n) is 9.10. The fraction of sp³-hybridized carbons (Fsp3) is 0.429. The summed E-state index contributed by atoms with van der Waals surface area (Å²) in [6.45, 7) is 1.54. The van der Waals surface area contributed by atoms with Gasteiger partial charge in [0.1, 0.15) is 0 Å². The van der Waals surface area contributed by atoms with Gasteiger partial charge in [0.2, 0.25) is 0 Å². The number of nitrogen functional groups attached to an aromatic ring is 1. The van der Waals surface area contributed by atoms with Crippen LogP contribution in [0.3, 0.4) is 0 Å². The van der Waals surface area contributed by atoms with E-state index >= 15 is 0 Å². The van der Waals surface area contributed by atoms with Gasteiger partial charge >= 0.3 is 6.03 Å². The maximum Gasteiger partial charge on any atom is 0.328 e. The van der Waals surface area contributed by atoms with Crippen LogP contribution in [0.4, 0.5) is 10.6 Å². The molecule has 0 fully saturated rings. The summed E-state index contributed by atoms with van der Waals surface area (Å²) in [5.41, 5.74) is 5.82. The molecule has 1 aromatic heterocycles. The summed E-state index contributed by atoms with van der Waals surface area (Å²) in [4.78, 5) is 10.8. The van der Waals surface area contributed by atoms with Crippen LogP contribution in [0.25, 0.3) is 0 Å². The molecule has 0 aliphatic heterocycles. The molecule has 9 heteroatoms. The van der Waals surface area contributed by atoms with E-state index in [4.69, 9.17) is 5.73 Å². The summed E-state index contributed by atoms with van der Waals surface area (Å²) >= 11 is 0. The van der Waals surface area contributed by atoms with Crippen molar-refractivity contribution in [2.24, 2.45) is 7.05 Å². The van der Waals surface area contributed by atoms with E-state index in [0.717, 1.165) is 0 Å². The Hall–Kier alpha value is -1.77. The number of aryl methyl sites for hydroxylation is 1. The first-order chi connectivity index (χ1) is 7.29. The topological polar surface area (TPSA) is 119 Å². The van der Waals surface area contributed by atoms with Gasteiger partial charge in [0.15, 0.2) is 10.7 Å². The van der Waals surface area contributed by atoms with Crippen molar-refractivity contribution in [2.75, 3.05) is 12.8 Å². The number of amides is 2. The summed E-state index contributed by atoms with van der Waals surface area (Å²) in [7, 11) is -1.11. The molecule has 0 aliphatic rings. The lowest BCUT2D eigenvalue weighted by molar-refractivity contribution is 0.248. The highest BCUT2D eigenvalue weighted by molar-refractivity contribution is 7.90. The lowest BCUT2D eigenvalue weighted by atomic mass is 10.5. The first-order valence-corrected chi connectivity index (χ1v) is 5.81. The van der Waals surface area contributed by atoms with E-state index in [1.54, 1.807) is 18.7 Å². The molecule has 0 aromatic carbocycles. The number of carbonyl (C=O) groups excluding carboxylic acids is 1. The van der Waals surface area contributed by atoms with Gasteiger partial charge in [0.25, 0.3) is 10.0 Å². The van der Waals surface area contributed by atoms with Gasteiger partial charge in [-0.1, -0.05) is 0 Å². The molecule has 0 saturated carbocycles. The highest BCUT2D eigenvalue weighted by Gasteiger charge is 2.25. The van der Waals surface area contributed by atoms with Crippen LogP contribution >= 0.6 is 0 Å². The van der Waals surface area contributed by atoms with Gasteiger partial charge in [-0.2, -0.15) is 5.10 Å². The minimum absolute atomic E-state index is 0.142. The van der Waals surface area contributed by atoms with Crippen LogP contribution in [0.5, 0.6) is 0 Å². The normalized spacial score (nSPS) is 11.2.